The number of piperidine rings is 1. The Morgan fingerprint density at radius 2 is 2.23 bits per heavy atom. The summed E-state index contributed by atoms with van der Waals surface area (Å²) in [6, 6.07) is 2.64. The number of aliphatic imine (C=N–C) groups is 1. The zero-order chi connectivity index (χ0) is 25.3. The first-order valence-corrected chi connectivity index (χ1v) is 11.7. The molecule has 2 atom stereocenters. The van der Waals surface area contributed by atoms with E-state index in [1.54, 1.807) is 0 Å². The normalized spacial score (nSPS) is 21.1. The molecule has 35 heavy (non-hydrogen) atoms. The van der Waals surface area contributed by atoms with Crippen molar-refractivity contribution in [2.75, 3.05) is 18.4 Å². The smallest absolute Gasteiger partial charge is 0.412 e. The molecule has 0 radical (unpaired) electrons. The topological polar surface area (TPSA) is 123 Å². The van der Waals surface area contributed by atoms with Crippen LogP contribution in [0.25, 0.3) is 0 Å². The Kier molecular flexibility index (Phi) is 6.84. The number of amides is 2. The molecule has 1 aromatic heterocycles. The minimum Gasteiger partial charge on any atom is -0.436 e. The highest BCUT2D eigenvalue weighted by molar-refractivity contribution is 6.31. The van der Waals surface area contributed by atoms with Crippen LogP contribution in [0.3, 0.4) is 0 Å². The van der Waals surface area contributed by atoms with Crippen molar-refractivity contribution < 1.29 is 23.2 Å². The number of hydrogen-bond acceptors (Lipinski definition) is 7. The molecule has 0 saturated carbocycles. The van der Waals surface area contributed by atoms with Crippen LogP contribution in [0.2, 0.25) is 5.02 Å². The molecule has 2 aromatic rings. The van der Waals surface area contributed by atoms with E-state index in [2.05, 4.69) is 15.5 Å². The van der Waals surface area contributed by atoms with Crippen LogP contribution in [0.1, 0.15) is 54.8 Å². The maximum absolute atomic E-state index is 15.1. The second kappa shape index (κ2) is 9.69. The van der Waals surface area contributed by atoms with Crippen molar-refractivity contribution in [2.45, 2.75) is 51.7 Å². The molecular weight excluding hydrogens is 477 g/mol. The van der Waals surface area contributed by atoms with Crippen molar-refractivity contribution in [2.24, 2.45) is 10.7 Å². The number of hydrogen-bond donors (Lipinski definition) is 2. The van der Waals surface area contributed by atoms with E-state index in [9.17, 15) is 9.59 Å². The van der Waals surface area contributed by atoms with Crippen molar-refractivity contribution in [1.29, 1.82) is 0 Å². The minimum atomic E-state index is -1.36. The standard InChI is InChI=1S/C24H27ClFN5O4/c1-4-17(19-13(2)30-35-14(19)3)28-11-15(10-27)22(32)31-9-5-8-24(12-31)20-18(29-23(33)34-24)7-6-16(25)21(20)26/h6-7,10-11,17H,4-5,8-9,12,27H2,1-3H3,(H,29,33)/b15-10+,28-11?/t17?,24-/m0/s1. The van der Waals surface area contributed by atoms with Crippen molar-refractivity contribution >= 4 is 35.5 Å². The lowest BCUT2D eigenvalue weighted by Gasteiger charge is -2.45. The molecule has 1 spiro atoms. The van der Waals surface area contributed by atoms with Crippen LogP contribution in [0.15, 0.2) is 33.4 Å². The second-order valence-corrected chi connectivity index (χ2v) is 9.09. The number of aromatic nitrogens is 1. The number of anilines is 1. The van der Waals surface area contributed by atoms with Crippen LogP contribution < -0.4 is 11.1 Å². The van der Waals surface area contributed by atoms with Gasteiger partial charge in [-0.15, -0.1) is 0 Å². The molecule has 186 valence electrons. The van der Waals surface area contributed by atoms with Gasteiger partial charge < -0.3 is 19.9 Å². The highest BCUT2D eigenvalue weighted by Crippen LogP contribution is 2.45. The highest BCUT2D eigenvalue weighted by atomic mass is 35.5. The summed E-state index contributed by atoms with van der Waals surface area (Å²) in [5.41, 5.74) is 6.62. The van der Waals surface area contributed by atoms with Crippen LogP contribution in [0, 0.1) is 19.7 Å². The second-order valence-electron chi connectivity index (χ2n) is 8.69. The van der Waals surface area contributed by atoms with Crippen molar-refractivity contribution in [3.63, 3.8) is 0 Å². The Bertz CT molecular complexity index is 1210. The molecule has 1 aromatic carbocycles. The van der Waals surface area contributed by atoms with Gasteiger partial charge in [-0.1, -0.05) is 23.7 Å². The fourth-order valence-electron chi connectivity index (χ4n) is 4.82. The van der Waals surface area contributed by atoms with Crippen LogP contribution in [-0.4, -0.2) is 41.4 Å². The quantitative estimate of drug-likeness (QED) is 0.456. The summed E-state index contributed by atoms with van der Waals surface area (Å²) in [5.74, 6) is -0.413. The molecular formula is C24H27ClFN5O4. The fourth-order valence-corrected chi connectivity index (χ4v) is 4.98. The zero-order valence-corrected chi connectivity index (χ0v) is 20.5. The summed E-state index contributed by atoms with van der Waals surface area (Å²) in [6.07, 6.45) is 3.40. The number of likely N-dealkylation sites (tertiary alicyclic amines) is 1. The van der Waals surface area contributed by atoms with E-state index in [1.807, 2.05) is 20.8 Å². The van der Waals surface area contributed by atoms with E-state index in [1.165, 1.54) is 29.4 Å². The lowest BCUT2D eigenvalue weighted by atomic mass is 9.83. The largest absolute Gasteiger partial charge is 0.436 e. The molecule has 1 saturated heterocycles. The van der Waals surface area contributed by atoms with Gasteiger partial charge in [0.15, 0.2) is 11.4 Å². The van der Waals surface area contributed by atoms with E-state index < -0.39 is 23.4 Å². The molecule has 9 nitrogen and oxygen atoms in total. The molecule has 0 aliphatic carbocycles. The van der Waals surface area contributed by atoms with Crippen molar-refractivity contribution in [3.05, 3.63) is 57.3 Å². The van der Waals surface area contributed by atoms with Gasteiger partial charge in [-0.25, -0.2) is 9.18 Å². The molecule has 2 aliphatic rings. The lowest BCUT2D eigenvalue weighted by Crippen LogP contribution is -2.54. The molecule has 11 heteroatoms. The van der Waals surface area contributed by atoms with Crippen LogP contribution in [-0.2, 0) is 15.1 Å². The Balaban J connectivity index is 1.61. The number of rotatable bonds is 5. The number of carbonyl (C=O) groups excluding carboxylic acids is 2. The first kappa shape index (κ1) is 24.7. The van der Waals surface area contributed by atoms with Crippen molar-refractivity contribution in [3.8, 4) is 0 Å². The number of ether oxygens (including phenoxy) is 1. The third-order valence-electron chi connectivity index (χ3n) is 6.45. The van der Waals surface area contributed by atoms with Gasteiger partial charge in [0.05, 0.1) is 40.1 Å². The molecule has 3 N–H and O–H groups in total. The fraction of sp³-hybridized carbons (Fsp3) is 0.417. The summed E-state index contributed by atoms with van der Waals surface area (Å²) in [5, 5.41) is 6.40. The van der Waals surface area contributed by atoms with Gasteiger partial charge in [-0.2, -0.15) is 0 Å². The van der Waals surface area contributed by atoms with Crippen LogP contribution >= 0.6 is 11.6 Å². The van der Waals surface area contributed by atoms with Gasteiger partial charge in [-0.05, 0) is 45.2 Å². The molecule has 4 rings (SSSR count). The molecule has 2 aliphatic heterocycles. The predicted molar refractivity (Wildman–Crippen MR) is 129 cm³/mol. The van der Waals surface area contributed by atoms with Gasteiger partial charge in [0.25, 0.3) is 5.91 Å². The molecule has 3 heterocycles. The number of nitrogens with zero attached hydrogens (tertiary/aromatic N) is 3. The first-order chi connectivity index (χ1) is 16.7. The van der Waals surface area contributed by atoms with E-state index in [4.69, 9.17) is 26.6 Å². The SMILES string of the molecule is CCC(N=C/C(=C\N)C(=O)N1CCC[C@@]2(C1)OC(=O)Nc1ccc(Cl)c(F)c12)c1c(C)noc1C. The van der Waals surface area contributed by atoms with E-state index in [0.29, 0.717) is 31.6 Å². The Morgan fingerprint density at radius 3 is 2.89 bits per heavy atom. The number of nitrogens with two attached hydrogens (primary N) is 1. The number of benzene rings is 1. The number of carbonyl (C=O) groups is 2. The molecule has 1 unspecified atom stereocenters. The average molecular weight is 504 g/mol. The average Bonchev–Trinajstić information content (AvgIpc) is 3.16. The number of fused-ring (bicyclic) bond motifs is 2. The first-order valence-electron chi connectivity index (χ1n) is 11.4. The van der Waals surface area contributed by atoms with Crippen molar-refractivity contribution in [1.82, 2.24) is 10.1 Å². The van der Waals surface area contributed by atoms with Crippen LogP contribution in [0.4, 0.5) is 14.9 Å². The Morgan fingerprint density at radius 1 is 1.46 bits per heavy atom. The Labute approximate surface area is 207 Å². The van der Waals surface area contributed by atoms with E-state index >= 15 is 4.39 Å². The highest BCUT2D eigenvalue weighted by Gasteiger charge is 2.48. The molecule has 1 fully saturated rings. The number of nitrogens with one attached hydrogen (secondary N) is 1. The Hall–Kier alpha value is -3.40. The maximum atomic E-state index is 15.1. The van der Waals surface area contributed by atoms with Gasteiger partial charge in [0.2, 0.25) is 0 Å². The summed E-state index contributed by atoms with van der Waals surface area (Å²) in [7, 11) is 0. The summed E-state index contributed by atoms with van der Waals surface area (Å²) >= 11 is 6.03. The van der Waals surface area contributed by atoms with Gasteiger partial charge in [0, 0.05) is 24.5 Å². The summed E-state index contributed by atoms with van der Waals surface area (Å²) < 4.78 is 26.0. The minimum absolute atomic E-state index is 0.0459. The lowest BCUT2D eigenvalue weighted by molar-refractivity contribution is -0.134. The number of halogens is 2. The van der Waals surface area contributed by atoms with E-state index in [0.717, 1.165) is 11.3 Å². The zero-order valence-electron chi connectivity index (χ0n) is 19.7. The van der Waals surface area contributed by atoms with Gasteiger partial charge in [0.1, 0.15) is 5.76 Å². The molecule has 2 amide bonds. The number of aryl methyl sites for hydroxylation is 2. The predicted octanol–water partition coefficient (Wildman–Crippen LogP) is 4.53. The summed E-state index contributed by atoms with van der Waals surface area (Å²) in [6.45, 7) is 5.96. The van der Waals surface area contributed by atoms with E-state index in [-0.39, 0.29) is 34.4 Å². The van der Waals surface area contributed by atoms with Gasteiger partial charge in [-0.3, -0.25) is 15.1 Å². The van der Waals surface area contributed by atoms with Crippen LogP contribution in [0.5, 0.6) is 0 Å². The third kappa shape index (κ3) is 4.50. The van der Waals surface area contributed by atoms with Gasteiger partial charge >= 0.3 is 6.09 Å². The monoisotopic (exact) mass is 503 g/mol. The molecule has 0 bridgehead atoms. The summed E-state index contributed by atoms with van der Waals surface area (Å²) in [4.78, 5) is 31.8. The third-order valence-corrected chi connectivity index (χ3v) is 6.74. The maximum Gasteiger partial charge on any atom is 0.412 e.